The van der Waals surface area contributed by atoms with Gasteiger partial charge in [0.25, 0.3) is 0 Å². The summed E-state index contributed by atoms with van der Waals surface area (Å²) in [6.07, 6.45) is 2.90. The Hall–Kier alpha value is -1.04. The Morgan fingerprint density at radius 3 is 2.12 bits per heavy atom. The molecule has 17 heavy (non-hydrogen) atoms. The van der Waals surface area contributed by atoms with Gasteiger partial charge in [0.15, 0.2) is 0 Å². The SMILES string of the molecule is CC1CCCS1.N=C(N)c1ccccc1.NN. The molecule has 1 unspecified atom stereocenters. The molecule has 1 heterocycles. The van der Waals surface area contributed by atoms with E-state index in [-0.39, 0.29) is 5.84 Å². The molecule has 1 fully saturated rings. The van der Waals surface area contributed by atoms with Gasteiger partial charge in [-0.05, 0) is 18.6 Å². The minimum atomic E-state index is 0.121. The van der Waals surface area contributed by atoms with E-state index in [1.165, 1.54) is 18.6 Å². The van der Waals surface area contributed by atoms with Gasteiger partial charge in [0.05, 0.1) is 0 Å². The third-order valence-electron chi connectivity index (χ3n) is 2.24. The fourth-order valence-electron chi connectivity index (χ4n) is 1.36. The Bertz CT molecular complexity index is 297. The summed E-state index contributed by atoms with van der Waals surface area (Å²) in [4.78, 5) is 0. The second-order valence-electron chi connectivity index (χ2n) is 3.60. The number of hydrazine groups is 1. The number of nitrogens with two attached hydrogens (primary N) is 3. The van der Waals surface area contributed by atoms with Gasteiger partial charge in [-0.25, -0.2) is 0 Å². The highest BCUT2D eigenvalue weighted by atomic mass is 32.2. The van der Waals surface area contributed by atoms with Crippen molar-refractivity contribution in [3.8, 4) is 0 Å². The first-order valence-electron chi connectivity index (χ1n) is 5.54. The quantitative estimate of drug-likeness (QED) is 0.265. The molecule has 0 saturated carbocycles. The van der Waals surface area contributed by atoms with Crippen molar-refractivity contribution < 1.29 is 0 Å². The molecule has 4 nitrogen and oxygen atoms in total. The van der Waals surface area contributed by atoms with Crippen LogP contribution in [0.3, 0.4) is 0 Å². The lowest BCUT2D eigenvalue weighted by molar-refractivity contribution is 0.838. The molecule has 0 aliphatic carbocycles. The summed E-state index contributed by atoms with van der Waals surface area (Å²) < 4.78 is 0. The van der Waals surface area contributed by atoms with Crippen LogP contribution in [-0.4, -0.2) is 16.8 Å². The third-order valence-corrected chi connectivity index (χ3v) is 3.57. The summed E-state index contributed by atoms with van der Waals surface area (Å²) in [5.74, 6) is 9.52. The standard InChI is InChI=1S/C7H8N2.C5H10S.H4N2/c8-7(9)6-4-2-1-3-5-6;1-5-3-2-4-6-5;1-2/h1-5H,(H3,8,9);5H,2-4H2,1H3;1-2H2. The molecule has 1 aliphatic rings. The second-order valence-corrected chi connectivity index (χ2v) is 5.15. The van der Waals surface area contributed by atoms with Crippen LogP contribution in [0.1, 0.15) is 25.3 Å². The molecule has 0 radical (unpaired) electrons. The number of hydrogen-bond acceptors (Lipinski definition) is 4. The van der Waals surface area contributed by atoms with Crippen molar-refractivity contribution >= 4 is 17.6 Å². The zero-order chi connectivity index (χ0) is 13.1. The van der Waals surface area contributed by atoms with Crippen LogP contribution < -0.4 is 17.4 Å². The van der Waals surface area contributed by atoms with Gasteiger partial charge in [0, 0.05) is 10.8 Å². The Morgan fingerprint density at radius 1 is 1.29 bits per heavy atom. The number of rotatable bonds is 1. The van der Waals surface area contributed by atoms with E-state index in [0.29, 0.717) is 0 Å². The van der Waals surface area contributed by atoms with Crippen LogP contribution in [0, 0.1) is 5.41 Å². The average molecular weight is 254 g/mol. The van der Waals surface area contributed by atoms with Crippen LogP contribution >= 0.6 is 11.8 Å². The Labute approximate surface area is 107 Å². The summed E-state index contributed by atoms with van der Waals surface area (Å²) in [6, 6.07) is 9.23. The smallest absolute Gasteiger partial charge is 0.122 e. The van der Waals surface area contributed by atoms with Gasteiger partial charge in [-0.1, -0.05) is 37.3 Å². The van der Waals surface area contributed by atoms with E-state index >= 15 is 0 Å². The van der Waals surface area contributed by atoms with Crippen LogP contribution in [0.5, 0.6) is 0 Å². The van der Waals surface area contributed by atoms with Crippen LogP contribution in [0.15, 0.2) is 30.3 Å². The normalized spacial score (nSPS) is 17.2. The lowest BCUT2D eigenvalue weighted by atomic mass is 10.2. The fraction of sp³-hybridized carbons (Fsp3) is 0.417. The van der Waals surface area contributed by atoms with Gasteiger partial charge in [0.2, 0.25) is 0 Å². The highest BCUT2D eigenvalue weighted by Crippen LogP contribution is 2.24. The van der Waals surface area contributed by atoms with E-state index in [1.807, 2.05) is 30.3 Å². The van der Waals surface area contributed by atoms with Crippen LogP contribution in [0.25, 0.3) is 0 Å². The number of amidine groups is 1. The molecule has 0 bridgehead atoms. The maximum atomic E-state index is 7.01. The zero-order valence-electron chi connectivity index (χ0n) is 10.2. The van der Waals surface area contributed by atoms with E-state index in [0.717, 1.165) is 10.8 Å². The summed E-state index contributed by atoms with van der Waals surface area (Å²) in [5, 5.41) is 7.98. The van der Waals surface area contributed by atoms with E-state index in [1.54, 1.807) is 0 Å². The Morgan fingerprint density at radius 2 is 1.88 bits per heavy atom. The lowest BCUT2D eigenvalue weighted by Crippen LogP contribution is -2.10. The number of benzene rings is 1. The largest absolute Gasteiger partial charge is 0.384 e. The minimum absolute atomic E-state index is 0.121. The van der Waals surface area contributed by atoms with Crippen molar-refractivity contribution in [2.24, 2.45) is 17.4 Å². The summed E-state index contributed by atoms with van der Waals surface area (Å²) in [7, 11) is 0. The maximum Gasteiger partial charge on any atom is 0.122 e. The van der Waals surface area contributed by atoms with Gasteiger partial charge in [-0.15, -0.1) is 0 Å². The van der Waals surface area contributed by atoms with Crippen LogP contribution in [0.2, 0.25) is 0 Å². The van der Waals surface area contributed by atoms with E-state index in [2.05, 4.69) is 30.4 Å². The monoisotopic (exact) mass is 254 g/mol. The molecule has 2 rings (SSSR count). The van der Waals surface area contributed by atoms with Crippen molar-refractivity contribution in [1.82, 2.24) is 0 Å². The molecule has 1 aromatic rings. The highest BCUT2D eigenvalue weighted by molar-refractivity contribution is 8.00. The van der Waals surface area contributed by atoms with Gasteiger partial charge in [-0.2, -0.15) is 11.8 Å². The number of nitrogen functional groups attached to an aromatic ring is 1. The molecule has 7 N–H and O–H groups in total. The molecule has 0 aromatic heterocycles. The molecular formula is C12H22N4S. The summed E-state index contributed by atoms with van der Waals surface area (Å²) >= 11 is 2.10. The van der Waals surface area contributed by atoms with Crippen molar-refractivity contribution in [1.29, 1.82) is 5.41 Å². The minimum Gasteiger partial charge on any atom is -0.384 e. The van der Waals surface area contributed by atoms with Crippen LogP contribution in [-0.2, 0) is 0 Å². The average Bonchev–Trinajstić information content (AvgIpc) is 2.85. The first-order valence-corrected chi connectivity index (χ1v) is 6.59. The van der Waals surface area contributed by atoms with Gasteiger partial charge in [0.1, 0.15) is 5.84 Å². The van der Waals surface area contributed by atoms with Crippen molar-refractivity contribution in [2.45, 2.75) is 25.0 Å². The molecule has 0 spiro atoms. The van der Waals surface area contributed by atoms with Gasteiger partial charge >= 0.3 is 0 Å². The van der Waals surface area contributed by atoms with Crippen molar-refractivity contribution in [3.63, 3.8) is 0 Å². The predicted octanol–water partition coefficient (Wildman–Crippen LogP) is 1.69. The topological polar surface area (TPSA) is 102 Å². The molecule has 5 heteroatoms. The molecule has 1 saturated heterocycles. The Kier molecular flexibility index (Phi) is 9.52. The molecule has 0 amide bonds. The molecule has 96 valence electrons. The predicted molar refractivity (Wildman–Crippen MR) is 77.0 cm³/mol. The van der Waals surface area contributed by atoms with Crippen LogP contribution in [0.4, 0.5) is 0 Å². The van der Waals surface area contributed by atoms with Crippen molar-refractivity contribution in [2.75, 3.05) is 5.75 Å². The zero-order valence-corrected chi connectivity index (χ0v) is 11.0. The lowest BCUT2D eigenvalue weighted by Gasteiger charge is -1.93. The first-order chi connectivity index (χ1) is 8.20. The van der Waals surface area contributed by atoms with E-state index in [9.17, 15) is 0 Å². The highest BCUT2D eigenvalue weighted by Gasteiger charge is 2.07. The van der Waals surface area contributed by atoms with Gasteiger partial charge in [-0.3, -0.25) is 17.1 Å². The molecular weight excluding hydrogens is 232 g/mol. The van der Waals surface area contributed by atoms with Gasteiger partial charge < -0.3 is 5.73 Å². The maximum absolute atomic E-state index is 7.01. The molecule has 1 atom stereocenters. The number of thioether (sulfide) groups is 1. The summed E-state index contributed by atoms with van der Waals surface area (Å²) in [6.45, 7) is 2.30. The summed E-state index contributed by atoms with van der Waals surface area (Å²) in [5.41, 5.74) is 5.97. The molecule has 1 aromatic carbocycles. The number of hydrogen-bond donors (Lipinski definition) is 4. The second kappa shape index (κ2) is 10.1. The Balaban J connectivity index is 0.000000278. The third kappa shape index (κ3) is 7.79. The van der Waals surface area contributed by atoms with Crippen molar-refractivity contribution in [3.05, 3.63) is 35.9 Å². The van der Waals surface area contributed by atoms with E-state index < -0.39 is 0 Å². The number of nitrogens with one attached hydrogen (secondary N) is 1. The molecule has 1 aliphatic heterocycles. The first kappa shape index (κ1) is 16.0. The van der Waals surface area contributed by atoms with E-state index in [4.69, 9.17) is 11.1 Å². The fourth-order valence-corrected chi connectivity index (χ4v) is 2.43.